The average molecular weight is 236 g/mol. The molecule has 2 rings (SSSR count). The highest BCUT2D eigenvalue weighted by atomic mass is 35.5. The monoisotopic (exact) mass is 235 g/mol. The maximum absolute atomic E-state index is 8.68. The summed E-state index contributed by atoms with van der Waals surface area (Å²) in [5, 5.41) is 13.9. The van der Waals surface area contributed by atoms with Crippen LogP contribution < -0.4 is 5.73 Å². The largest absolute Gasteiger partial charge is 0.409 e. The van der Waals surface area contributed by atoms with Crippen LogP contribution in [0.5, 0.6) is 0 Å². The Balaban J connectivity index is 2.87. The number of nitrogens with two attached hydrogens (primary N) is 1. The zero-order chi connectivity index (χ0) is 11.7. The van der Waals surface area contributed by atoms with Crippen LogP contribution in [0.1, 0.15) is 11.3 Å². The van der Waals surface area contributed by atoms with Crippen molar-refractivity contribution in [3.8, 4) is 0 Å². The molecule has 1 aromatic carbocycles. The Kier molecular flexibility index (Phi) is 2.66. The number of pyridine rings is 1. The molecule has 0 aliphatic heterocycles. The fourth-order valence-corrected chi connectivity index (χ4v) is 1.96. The molecule has 1 heterocycles. The maximum atomic E-state index is 8.68. The van der Waals surface area contributed by atoms with E-state index in [1.165, 1.54) is 0 Å². The number of aryl methyl sites for hydroxylation is 1. The van der Waals surface area contributed by atoms with Crippen molar-refractivity contribution in [2.75, 3.05) is 0 Å². The number of hydrogen-bond acceptors (Lipinski definition) is 3. The zero-order valence-corrected chi connectivity index (χ0v) is 9.36. The van der Waals surface area contributed by atoms with Crippen LogP contribution in [0.4, 0.5) is 0 Å². The first-order chi connectivity index (χ1) is 7.63. The first kappa shape index (κ1) is 10.7. The van der Waals surface area contributed by atoms with Crippen LogP contribution in [0.15, 0.2) is 29.6 Å². The molecule has 0 amide bonds. The summed E-state index contributed by atoms with van der Waals surface area (Å²) in [6.07, 6.45) is 1.58. The molecule has 16 heavy (non-hydrogen) atoms. The number of benzene rings is 1. The van der Waals surface area contributed by atoms with E-state index < -0.39 is 0 Å². The van der Waals surface area contributed by atoms with Crippen LogP contribution in [0.25, 0.3) is 10.8 Å². The molecule has 2 aromatic rings. The number of rotatable bonds is 1. The fourth-order valence-electron chi connectivity index (χ4n) is 1.63. The maximum Gasteiger partial charge on any atom is 0.189 e. The number of aromatic nitrogens is 1. The first-order valence-corrected chi connectivity index (χ1v) is 5.04. The lowest BCUT2D eigenvalue weighted by atomic mass is 10.1. The molecule has 0 aliphatic rings. The van der Waals surface area contributed by atoms with E-state index in [1.807, 2.05) is 19.1 Å². The lowest BCUT2D eigenvalue weighted by molar-refractivity contribution is 0.318. The van der Waals surface area contributed by atoms with Crippen LogP contribution in [0.3, 0.4) is 0 Å². The Morgan fingerprint density at radius 3 is 2.88 bits per heavy atom. The van der Waals surface area contributed by atoms with Gasteiger partial charge in [-0.1, -0.05) is 16.8 Å². The Hall–Kier alpha value is -1.81. The van der Waals surface area contributed by atoms with Crippen LogP contribution in [-0.4, -0.2) is 16.0 Å². The topological polar surface area (TPSA) is 71.5 Å². The average Bonchev–Trinajstić information content (AvgIpc) is 2.27. The molecule has 0 radical (unpaired) electrons. The van der Waals surface area contributed by atoms with Gasteiger partial charge in [0.25, 0.3) is 0 Å². The summed E-state index contributed by atoms with van der Waals surface area (Å²) in [5.74, 6) is -0.0210. The van der Waals surface area contributed by atoms with Gasteiger partial charge in [0.2, 0.25) is 0 Å². The Bertz CT molecular complexity index is 581. The summed E-state index contributed by atoms with van der Waals surface area (Å²) in [6.45, 7) is 1.92. The fraction of sp³-hybridized carbons (Fsp3) is 0.0909. The van der Waals surface area contributed by atoms with E-state index in [9.17, 15) is 0 Å². The molecular formula is C11H10ClN3O. The number of hydrogen-bond donors (Lipinski definition) is 2. The summed E-state index contributed by atoms with van der Waals surface area (Å²) < 4.78 is 0. The molecule has 82 valence electrons. The van der Waals surface area contributed by atoms with Gasteiger partial charge in [-0.25, -0.2) is 0 Å². The first-order valence-electron chi connectivity index (χ1n) is 4.66. The molecule has 0 fully saturated rings. The predicted octanol–water partition coefficient (Wildman–Crippen LogP) is 2.29. The summed E-state index contributed by atoms with van der Waals surface area (Å²) in [4.78, 5) is 4.09. The minimum Gasteiger partial charge on any atom is -0.409 e. The van der Waals surface area contributed by atoms with Crippen molar-refractivity contribution in [2.45, 2.75) is 6.92 Å². The van der Waals surface area contributed by atoms with E-state index in [1.54, 1.807) is 12.3 Å². The van der Waals surface area contributed by atoms with Crippen LogP contribution in [0.2, 0.25) is 5.02 Å². The van der Waals surface area contributed by atoms with Crippen LogP contribution in [0, 0.1) is 6.92 Å². The van der Waals surface area contributed by atoms with Gasteiger partial charge < -0.3 is 10.9 Å². The van der Waals surface area contributed by atoms with Crippen LogP contribution >= 0.6 is 11.6 Å². The SMILES string of the molecule is Cc1cc(Cl)c2ccnc(C(N)=NO)c2c1. The normalized spacial score (nSPS) is 12.0. The van der Waals surface area contributed by atoms with Crippen molar-refractivity contribution in [1.29, 1.82) is 0 Å². The quantitative estimate of drug-likeness (QED) is 0.345. The lowest BCUT2D eigenvalue weighted by Crippen LogP contribution is -2.15. The van der Waals surface area contributed by atoms with E-state index in [-0.39, 0.29) is 5.84 Å². The second-order valence-corrected chi connectivity index (χ2v) is 3.89. The van der Waals surface area contributed by atoms with Gasteiger partial charge in [0.15, 0.2) is 5.84 Å². The van der Waals surface area contributed by atoms with Crippen molar-refractivity contribution >= 4 is 28.2 Å². The summed E-state index contributed by atoms with van der Waals surface area (Å²) >= 11 is 6.11. The van der Waals surface area contributed by atoms with Crippen molar-refractivity contribution in [1.82, 2.24) is 4.98 Å². The zero-order valence-electron chi connectivity index (χ0n) is 8.61. The van der Waals surface area contributed by atoms with Crippen molar-refractivity contribution in [3.63, 3.8) is 0 Å². The highest BCUT2D eigenvalue weighted by Crippen LogP contribution is 2.26. The van der Waals surface area contributed by atoms with Gasteiger partial charge in [-0.2, -0.15) is 0 Å². The highest BCUT2D eigenvalue weighted by Gasteiger charge is 2.09. The number of halogens is 1. The molecule has 0 saturated heterocycles. The molecular weight excluding hydrogens is 226 g/mol. The molecule has 0 aliphatic carbocycles. The smallest absolute Gasteiger partial charge is 0.189 e. The molecule has 0 saturated carbocycles. The highest BCUT2D eigenvalue weighted by molar-refractivity contribution is 6.36. The molecule has 5 heteroatoms. The van der Waals surface area contributed by atoms with E-state index in [2.05, 4.69) is 10.1 Å². The second-order valence-electron chi connectivity index (χ2n) is 3.49. The predicted molar refractivity (Wildman–Crippen MR) is 64.0 cm³/mol. The number of fused-ring (bicyclic) bond motifs is 1. The van der Waals surface area contributed by atoms with Crippen molar-refractivity contribution in [3.05, 3.63) is 40.7 Å². The molecule has 0 spiro atoms. The van der Waals surface area contributed by atoms with Gasteiger partial charge in [0.05, 0.1) is 0 Å². The van der Waals surface area contributed by atoms with Gasteiger partial charge in [-0.15, -0.1) is 0 Å². The number of oxime groups is 1. The van der Waals surface area contributed by atoms with E-state index in [0.717, 1.165) is 16.3 Å². The summed E-state index contributed by atoms with van der Waals surface area (Å²) in [7, 11) is 0. The Morgan fingerprint density at radius 2 is 2.19 bits per heavy atom. The minimum atomic E-state index is -0.0210. The standard InChI is InChI=1S/C11H10ClN3O/c1-6-4-8-7(9(12)5-6)2-3-14-10(8)11(13)15-16/h2-5,16H,1H3,(H2,13,15). The molecule has 3 N–H and O–H groups in total. The van der Waals surface area contributed by atoms with Gasteiger partial charge in [0.1, 0.15) is 5.69 Å². The third-order valence-corrected chi connectivity index (χ3v) is 2.64. The molecule has 0 bridgehead atoms. The summed E-state index contributed by atoms with van der Waals surface area (Å²) in [6, 6.07) is 5.56. The van der Waals surface area contributed by atoms with E-state index >= 15 is 0 Å². The lowest BCUT2D eigenvalue weighted by Gasteiger charge is -2.06. The number of nitrogens with zero attached hydrogens (tertiary/aromatic N) is 2. The van der Waals surface area contributed by atoms with Gasteiger partial charge in [0, 0.05) is 22.0 Å². The summed E-state index contributed by atoms with van der Waals surface area (Å²) in [5.41, 5.74) is 6.99. The molecule has 1 aromatic heterocycles. The van der Waals surface area contributed by atoms with Gasteiger partial charge in [-0.05, 0) is 30.7 Å². The molecule has 0 unspecified atom stereocenters. The Morgan fingerprint density at radius 1 is 1.44 bits per heavy atom. The number of amidine groups is 1. The second kappa shape index (κ2) is 3.98. The van der Waals surface area contributed by atoms with Crippen LogP contribution in [-0.2, 0) is 0 Å². The molecule has 4 nitrogen and oxygen atoms in total. The van der Waals surface area contributed by atoms with Gasteiger partial charge in [-0.3, -0.25) is 4.98 Å². The molecule has 0 atom stereocenters. The van der Waals surface area contributed by atoms with E-state index in [4.69, 9.17) is 22.5 Å². The third kappa shape index (κ3) is 1.67. The Labute approximate surface area is 97.3 Å². The minimum absolute atomic E-state index is 0.0210. The third-order valence-electron chi connectivity index (χ3n) is 2.32. The van der Waals surface area contributed by atoms with Crippen molar-refractivity contribution in [2.24, 2.45) is 10.9 Å². The van der Waals surface area contributed by atoms with Gasteiger partial charge >= 0.3 is 0 Å². The van der Waals surface area contributed by atoms with E-state index in [0.29, 0.717) is 10.7 Å². The van der Waals surface area contributed by atoms with Crippen molar-refractivity contribution < 1.29 is 5.21 Å².